The summed E-state index contributed by atoms with van der Waals surface area (Å²) in [5, 5.41) is 0. The minimum atomic E-state index is 0.615. The molecule has 0 unspecified atom stereocenters. The minimum Gasteiger partial charge on any atom is -0.492 e. The Morgan fingerprint density at radius 2 is 1.75 bits per heavy atom. The number of hydrogen-bond donors (Lipinski definition) is 1. The average Bonchev–Trinajstić information content (AvgIpc) is 2.44. The van der Waals surface area contributed by atoms with E-state index in [0.29, 0.717) is 6.54 Å². The van der Waals surface area contributed by atoms with E-state index in [0.717, 1.165) is 36.6 Å². The molecule has 3 nitrogen and oxygen atoms in total. The predicted octanol–water partition coefficient (Wildman–Crippen LogP) is 4.02. The minimum absolute atomic E-state index is 0.615. The maximum Gasteiger partial charge on any atom is 0.140 e. The van der Waals surface area contributed by atoms with Gasteiger partial charge < -0.3 is 10.5 Å². The van der Waals surface area contributed by atoms with Crippen molar-refractivity contribution in [3.05, 3.63) is 23.5 Å². The van der Waals surface area contributed by atoms with Gasteiger partial charge in [-0.2, -0.15) is 0 Å². The van der Waals surface area contributed by atoms with E-state index in [1.807, 2.05) is 19.1 Å². The van der Waals surface area contributed by atoms with Crippen LogP contribution in [0.5, 0.6) is 5.75 Å². The maximum atomic E-state index is 5.85. The standard InChI is InChI=1S/C17H30N2O/c1-3-4-5-6-7-8-9-14-20-17-11-10-15(2)19-16(17)12-13-18/h10-11H,3-9,12-14,18H2,1-2H3. The summed E-state index contributed by atoms with van der Waals surface area (Å²) in [6, 6.07) is 4.02. The topological polar surface area (TPSA) is 48.1 Å². The van der Waals surface area contributed by atoms with Crippen LogP contribution in [0.2, 0.25) is 0 Å². The number of hydrogen-bond acceptors (Lipinski definition) is 3. The number of nitrogens with zero attached hydrogens (tertiary/aromatic N) is 1. The number of rotatable bonds is 11. The third-order valence-electron chi connectivity index (χ3n) is 3.46. The highest BCUT2D eigenvalue weighted by Crippen LogP contribution is 2.18. The highest BCUT2D eigenvalue weighted by molar-refractivity contribution is 5.29. The Morgan fingerprint density at radius 1 is 1.05 bits per heavy atom. The van der Waals surface area contributed by atoms with Crippen LogP contribution in [0.15, 0.2) is 12.1 Å². The smallest absolute Gasteiger partial charge is 0.140 e. The van der Waals surface area contributed by atoms with Gasteiger partial charge >= 0.3 is 0 Å². The Labute approximate surface area is 123 Å². The van der Waals surface area contributed by atoms with E-state index in [1.54, 1.807) is 0 Å². The molecule has 0 aromatic carbocycles. The van der Waals surface area contributed by atoms with Gasteiger partial charge in [-0.25, -0.2) is 0 Å². The van der Waals surface area contributed by atoms with Crippen molar-refractivity contribution in [1.82, 2.24) is 4.98 Å². The SMILES string of the molecule is CCCCCCCCCOc1ccc(C)nc1CCN. The van der Waals surface area contributed by atoms with E-state index in [-0.39, 0.29) is 0 Å². The molecule has 0 fully saturated rings. The van der Waals surface area contributed by atoms with E-state index >= 15 is 0 Å². The molecule has 0 bridgehead atoms. The zero-order chi connectivity index (χ0) is 14.6. The van der Waals surface area contributed by atoms with Crippen molar-refractivity contribution in [2.24, 2.45) is 5.73 Å². The third kappa shape index (κ3) is 6.90. The molecular weight excluding hydrogens is 248 g/mol. The van der Waals surface area contributed by atoms with Gasteiger partial charge in [-0.3, -0.25) is 4.98 Å². The number of aryl methyl sites for hydroxylation is 1. The summed E-state index contributed by atoms with van der Waals surface area (Å²) in [7, 11) is 0. The van der Waals surface area contributed by atoms with Gasteiger partial charge in [0, 0.05) is 12.1 Å². The highest BCUT2D eigenvalue weighted by Gasteiger charge is 2.05. The monoisotopic (exact) mass is 278 g/mol. The van der Waals surface area contributed by atoms with Crippen molar-refractivity contribution in [3.8, 4) is 5.75 Å². The molecule has 2 N–H and O–H groups in total. The fourth-order valence-electron chi connectivity index (χ4n) is 2.29. The van der Waals surface area contributed by atoms with Crippen LogP contribution in [0.4, 0.5) is 0 Å². The lowest BCUT2D eigenvalue weighted by Crippen LogP contribution is -2.08. The van der Waals surface area contributed by atoms with Gasteiger partial charge in [-0.15, -0.1) is 0 Å². The lowest BCUT2D eigenvalue weighted by molar-refractivity contribution is 0.299. The first-order chi connectivity index (χ1) is 9.77. The number of unbranched alkanes of at least 4 members (excludes halogenated alkanes) is 6. The summed E-state index contributed by atoms with van der Waals surface area (Å²) in [6.45, 7) is 5.66. The summed E-state index contributed by atoms with van der Waals surface area (Å²) in [5.41, 5.74) is 7.64. The lowest BCUT2D eigenvalue weighted by atomic mass is 10.1. The van der Waals surface area contributed by atoms with Crippen molar-refractivity contribution < 1.29 is 4.74 Å². The van der Waals surface area contributed by atoms with Crippen LogP contribution in [0.25, 0.3) is 0 Å². The second-order valence-corrected chi connectivity index (χ2v) is 5.41. The number of ether oxygens (including phenoxy) is 1. The molecule has 0 atom stereocenters. The van der Waals surface area contributed by atoms with Gasteiger partial charge in [0.05, 0.1) is 12.3 Å². The molecule has 114 valence electrons. The summed E-state index contributed by atoms with van der Waals surface area (Å²) in [5.74, 6) is 0.909. The van der Waals surface area contributed by atoms with Crippen molar-refractivity contribution in [3.63, 3.8) is 0 Å². The Hall–Kier alpha value is -1.09. The zero-order valence-corrected chi connectivity index (χ0v) is 13.2. The van der Waals surface area contributed by atoms with E-state index in [4.69, 9.17) is 10.5 Å². The molecule has 0 amide bonds. The van der Waals surface area contributed by atoms with Crippen LogP contribution in [0.1, 0.15) is 63.3 Å². The number of nitrogens with two attached hydrogens (primary N) is 1. The van der Waals surface area contributed by atoms with Gasteiger partial charge in [-0.05, 0) is 32.0 Å². The van der Waals surface area contributed by atoms with Crippen LogP contribution >= 0.6 is 0 Å². The van der Waals surface area contributed by atoms with Gasteiger partial charge in [-0.1, -0.05) is 45.4 Å². The molecular formula is C17H30N2O. The molecule has 1 aromatic rings. The van der Waals surface area contributed by atoms with Crippen molar-refractivity contribution in [1.29, 1.82) is 0 Å². The van der Waals surface area contributed by atoms with Gasteiger partial charge in [0.2, 0.25) is 0 Å². The Balaban J connectivity index is 2.21. The lowest BCUT2D eigenvalue weighted by Gasteiger charge is -2.11. The van der Waals surface area contributed by atoms with E-state index < -0.39 is 0 Å². The molecule has 0 aliphatic carbocycles. The quantitative estimate of drug-likeness (QED) is 0.622. The first kappa shape index (κ1) is 17.0. The second kappa shape index (κ2) is 10.7. The number of pyridine rings is 1. The summed E-state index contributed by atoms with van der Waals surface area (Å²) in [6.07, 6.45) is 9.91. The summed E-state index contributed by atoms with van der Waals surface area (Å²) < 4.78 is 5.85. The molecule has 0 aliphatic rings. The van der Waals surface area contributed by atoms with Crippen LogP contribution in [0.3, 0.4) is 0 Å². The average molecular weight is 278 g/mol. The molecule has 1 aromatic heterocycles. The molecule has 3 heteroatoms. The summed E-state index contributed by atoms with van der Waals surface area (Å²) in [4.78, 5) is 4.51. The zero-order valence-electron chi connectivity index (χ0n) is 13.2. The Kier molecular flexibility index (Phi) is 9.05. The van der Waals surface area contributed by atoms with Crippen molar-refractivity contribution in [2.75, 3.05) is 13.2 Å². The largest absolute Gasteiger partial charge is 0.492 e. The maximum absolute atomic E-state index is 5.85. The Bertz CT molecular complexity index is 366. The second-order valence-electron chi connectivity index (χ2n) is 5.41. The van der Waals surface area contributed by atoms with Gasteiger partial charge in [0.1, 0.15) is 5.75 Å². The number of aromatic nitrogens is 1. The highest BCUT2D eigenvalue weighted by atomic mass is 16.5. The molecule has 0 saturated carbocycles. The van der Waals surface area contributed by atoms with Gasteiger partial charge in [0.15, 0.2) is 0 Å². The fourth-order valence-corrected chi connectivity index (χ4v) is 2.29. The van der Waals surface area contributed by atoms with Crippen LogP contribution in [0, 0.1) is 6.92 Å². The molecule has 0 saturated heterocycles. The van der Waals surface area contributed by atoms with Crippen LogP contribution < -0.4 is 10.5 Å². The van der Waals surface area contributed by atoms with E-state index in [9.17, 15) is 0 Å². The van der Waals surface area contributed by atoms with Crippen molar-refractivity contribution in [2.45, 2.75) is 65.2 Å². The first-order valence-corrected chi connectivity index (χ1v) is 8.07. The molecule has 0 aliphatic heterocycles. The molecule has 1 rings (SSSR count). The van der Waals surface area contributed by atoms with Gasteiger partial charge in [0.25, 0.3) is 0 Å². The molecule has 0 spiro atoms. The normalized spacial score (nSPS) is 10.8. The Morgan fingerprint density at radius 3 is 2.45 bits per heavy atom. The molecule has 20 heavy (non-hydrogen) atoms. The molecule has 1 heterocycles. The third-order valence-corrected chi connectivity index (χ3v) is 3.46. The predicted molar refractivity (Wildman–Crippen MR) is 85.2 cm³/mol. The van der Waals surface area contributed by atoms with Crippen molar-refractivity contribution >= 4 is 0 Å². The van der Waals surface area contributed by atoms with Crippen LogP contribution in [-0.4, -0.2) is 18.1 Å². The first-order valence-electron chi connectivity index (χ1n) is 8.07. The molecule has 0 radical (unpaired) electrons. The van der Waals surface area contributed by atoms with E-state index in [1.165, 1.54) is 38.5 Å². The fraction of sp³-hybridized carbons (Fsp3) is 0.706. The van der Waals surface area contributed by atoms with Crippen LogP contribution in [-0.2, 0) is 6.42 Å². The van der Waals surface area contributed by atoms with E-state index in [2.05, 4.69) is 11.9 Å². The summed E-state index contributed by atoms with van der Waals surface area (Å²) >= 11 is 0.